The van der Waals surface area contributed by atoms with Gasteiger partial charge >= 0.3 is 12.4 Å². The maximum Gasteiger partial charge on any atom is 0.454 e. The fourth-order valence-corrected chi connectivity index (χ4v) is 7.22. The van der Waals surface area contributed by atoms with Crippen molar-refractivity contribution >= 4 is 76.2 Å². The lowest BCUT2D eigenvalue weighted by molar-refractivity contribution is -0.0888. The monoisotopic (exact) mass is 640 g/mol. The topological polar surface area (TPSA) is 94.1 Å². The lowest BCUT2D eigenvalue weighted by atomic mass is 10.1. The summed E-state index contributed by atoms with van der Waals surface area (Å²) < 4.78 is 77.4. The van der Waals surface area contributed by atoms with Gasteiger partial charge in [0.25, 0.3) is 11.6 Å². The molecule has 7 rings (SSSR count). The Balaban J connectivity index is 1.29. The van der Waals surface area contributed by atoms with E-state index >= 15 is 0 Å². The molecule has 2 heterocycles. The molecular weight excluding hydrogens is 630 g/mol. The van der Waals surface area contributed by atoms with Gasteiger partial charge < -0.3 is 0 Å². The van der Waals surface area contributed by atoms with Crippen molar-refractivity contribution in [3.63, 3.8) is 0 Å². The smallest absolute Gasteiger partial charge is 0.287 e. The van der Waals surface area contributed by atoms with Gasteiger partial charge in [0.2, 0.25) is 10.9 Å². The van der Waals surface area contributed by atoms with E-state index in [0.29, 0.717) is 52.1 Å². The van der Waals surface area contributed by atoms with Crippen LogP contribution in [0.2, 0.25) is 0 Å². The number of halogens is 6. The molecule has 0 N–H and O–H groups in total. The molecule has 0 saturated heterocycles. The first-order chi connectivity index (χ1) is 20.7. The first-order valence-electron chi connectivity index (χ1n) is 12.5. The van der Waals surface area contributed by atoms with Crippen molar-refractivity contribution in [2.75, 3.05) is 0 Å². The minimum absolute atomic E-state index is 0.130. The molecule has 6 nitrogen and oxygen atoms in total. The van der Waals surface area contributed by atoms with Crippen molar-refractivity contribution in [3.8, 4) is 21.1 Å². The first kappa shape index (κ1) is 28.0. The van der Waals surface area contributed by atoms with Crippen molar-refractivity contribution in [2.24, 2.45) is 0 Å². The minimum atomic E-state index is -5.01. The van der Waals surface area contributed by atoms with Crippen molar-refractivity contribution < 1.29 is 35.9 Å². The average molecular weight is 641 g/mol. The number of Topliss-reactive ketones (excluding diaryl/α,β-unsaturated/α-hetero) is 2. The summed E-state index contributed by atoms with van der Waals surface area (Å²) in [6.07, 6.45) is -10.0. The number of aromatic nitrogens is 2. The summed E-state index contributed by atoms with van der Waals surface area (Å²) in [7, 11) is 0. The summed E-state index contributed by atoms with van der Waals surface area (Å²) in [6, 6.07) is 12.6. The fraction of sp³-hybridized carbons (Fsp3) is 0.0667. The predicted octanol–water partition coefficient (Wildman–Crippen LogP) is 7.63. The number of carbonyl (C=O) groups excluding carboxylic acids is 2. The van der Waals surface area contributed by atoms with Gasteiger partial charge in [-0.2, -0.15) is 26.3 Å². The number of ketones is 2. The quantitative estimate of drug-likeness (QED) is 0.145. The minimum Gasteiger partial charge on any atom is -0.287 e. The first-order valence-corrected chi connectivity index (χ1v) is 14.1. The molecule has 5 aromatic carbocycles. The molecule has 0 spiro atoms. The predicted molar refractivity (Wildman–Crippen MR) is 154 cm³/mol. The van der Waals surface area contributed by atoms with E-state index in [1.165, 1.54) is 24.3 Å². The van der Waals surface area contributed by atoms with Crippen LogP contribution >= 0.6 is 22.7 Å². The van der Waals surface area contributed by atoms with Crippen LogP contribution in [0.1, 0.15) is 20.7 Å². The lowest BCUT2D eigenvalue weighted by Gasteiger charge is -2.05. The van der Waals surface area contributed by atoms with Crippen LogP contribution in [0.5, 0.6) is 0 Å². The molecule has 7 aromatic rings. The highest BCUT2D eigenvalue weighted by Crippen LogP contribution is 2.40. The number of hydrogen-bond acceptors (Lipinski definition) is 8. The maximum absolute atomic E-state index is 13.3. The second-order valence-electron chi connectivity index (χ2n) is 9.80. The number of nitrogens with zero attached hydrogens (tertiary/aromatic N) is 2. The zero-order valence-corrected chi connectivity index (χ0v) is 23.0. The molecule has 0 atom stereocenters. The summed E-state index contributed by atoms with van der Waals surface area (Å²) in [6.45, 7) is 0. The summed E-state index contributed by atoms with van der Waals surface area (Å²) in [5.74, 6) is -3.95. The van der Waals surface area contributed by atoms with Gasteiger partial charge in [-0.3, -0.25) is 19.2 Å². The summed E-state index contributed by atoms with van der Waals surface area (Å²) in [4.78, 5) is 58.4. The number of fused-ring (bicyclic) bond motifs is 6. The Morgan fingerprint density at radius 1 is 0.545 bits per heavy atom. The molecule has 0 amide bonds. The van der Waals surface area contributed by atoms with E-state index in [1.807, 2.05) is 0 Å². The van der Waals surface area contributed by atoms with Gasteiger partial charge in [0.15, 0.2) is 0 Å². The number of benzene rings is 3. The van der Waals surface area contributed by atoms with Crippen LogP contribution in [-0.4, -0.2) is 33.9 Å². The SMILES string of the molecule is O=C(c1ccc(-c2nc3c(=O)c4cc5c(cc4c3s2)c(=O)c2nc(-c3ccc(C(=O)C(F)(F)F)cc3)sc25)cc1)C(F)(F)F. The molecule has 0 saturated carbocycles. The van der Waals surface area contributed by atoms with E-state index in [-0.39, 0.29) is 11.0 Å². The molecule has 0 aliphatic heterocycles. The molecule has 14 heteroatoms. The van der Waals surface area contributed by atoms with E-state index < -0.39 is 45.9 Å². The summed E-state index contributed by atoms with van der Waals surface area (Å²) in [5, 5.41) is 2.26. The number of carbonyl (C=O) groups is 2. The Hall–Kier alpha value is -4.82. The summed E-state index contributed by atoms with van der Waals surface area (Å²) in [5.41, 5.74) is -0.791. The molecule has 0 radical (unpaired) electrons. The molecule has 0 aliphatic carbocycles. The van der Waals surface area contributed by atoms with E-state index in [1.54, 1.807) is 12.1 Å². The van der Waals surface area contributed by atoms with Crippen molar-refractivity contribution in [1.29, 1.82) is 0 Å². The third-order valence-corrected chi connectivity index (χ3v) is 9.40. The third kappa shape index (κ3) is 4.24. The maximum atomic E-state index is 13.3. The Bertz CT molecular complexity index is 2260. The zero-order valence-electron chi connectivity index (χ0n) is 21.4. The van der Waals surface area contributed by atoms with Crippen LogP contribution < -0.4 is 10.9 Å². The number of alkyl halides is 6. The molecule has 0 fully saturated rings. The van der Waals surface area contributed by atoms with E-state index in [0.717, 1.165) is 46.9 Å². The Morgan fingerprint density at radius 2 is 0.886 bits per heavy atom. The largest absolute Gasteiger partial charge is 0.454 e. The van der Waals surface area contributed by atoms with Crippen LogP contribution in [0.4, 0.5) is 26.3 Å². The Kier molecular flexibility index (Phi) is 5.94. The van der Waals surface area contributed by atoms with Crippen LogP contribution in [0.25, 0.3) is 63.1 Å². The van der Waals surface area contributed by atoms with Crippen LogP contribution in [0, 0.1) is 0 Å². The molecule has 218 valence electrons. The van der Waals surface area contributed by atoms with Gasteiger partial charge in [0.05, 0.1) is 9.40 Å². The molecule has 2 aromatic heterocycles. The van der Waals surface area contributed by atoms with Gasteiger partial charge in [0, 0.05) is 43.8 Å². The highest BCUT2D eigenvalue weighted by molar-refractivity contribution is 7.23. The fourth-order valence-electron chi connectivity index (χ4n) is 5.02. The highest BCUT2D eigenvalue weighted by atomic mass is 32.1. The van der Waals surface area contributed by atoms with Crippen molar-refractivity contribution in [3.05, 3.63) is 92.2 Å². The molecule has 44 heavy (non-hydrogen) atoms. The molecular formula is C30H10F6N2O4S2. The van der Waals surface area contributed by atoms with E-state index in [2.05, 4.69) is 9.97 Å². The summed E-state index contributed by atoms with van der Waals surface area (Å²) >= 11 is 2.24. The van der Waals surface area contributed by atoms with Crippen LogP contribution in [-0.2, 0) is 0 Å². The number of hydrogen-bond donors (Lipinski definition) is 0. The standard InChI is InChI=1S/C30H10F6N2O4S2/c31-29(32,33)25(41)11-1-5-13(6-2-11)27-37-19-21(39)15-10-18-16(9-17(15)23(19)43-27)22(40)20-24(18)44-28(38-20)14-7-3-12(4-8-14)26(42)30(34,35)36/h1-10H. The van der Waals surface area contributed by atoms with Gasteiger partial charge in [-0.25, -0.2) is 9.97 Å². The number of rotatable bonds is 4. The molecule has 0 aliphatic rings. The Labute approximate surface area is 247 Å². The lowest BCUT2D eigenvalue weighted by Crippen LogP contribution is -2.22. The van der Waals surface area contributed by atoms with Gasteiger partial charge in [0.1, 0.15) is 21.0 Å². The molecule has 0 bridgehead atoms. The third-order valence-electron chi connectivity index (χ3n) is 7.12. The average Bonchev–Trinajstić information content (AvgIpc) is 3.73. The van der Waals surface area contributed by atoms with Gasteiger partial charge in [-0.1, -0.05) is 48.5 Å². The zero-order chi connectivity index (χ0) is 31.3. The normalized spacial score (nSPS) is 12.7. The molecule has 0 unspecified atom stereocenters. The van der Waals surface area contributed by atoms with Crippen molar-refractivity contribution in [2.45, 2.75) is 12.4 Å². The van der Waals surface area contributed by atoms with Crippen LogP contribution in [0.3, 0.4) is 0 Å². The highest BCUT2D eigenvalue weighted by Gasteiger charge is 2.40. The van der Waals surface area contributed by atoms with Gasteiger partial charge in [-0.05, 0) is 12.1 Å². The Morgan fingerprint density at radius 3 is 1.20 bits per heavy atom. The van der Waals surface area contributed by atoms with Crippen LogP contribution in [0.15, 0.2) is 70.3 Å². The van der Waals surface area contributed by atoms with Gasteiger partial charge in [-0.15, -0.1) is 22.7 Å². The van der Waals surface area contributed by atoms with E-state index in [9.17, 15) is 45.5 Å². The second-order valence-corrected chi connectivity index (χ2v) is 11.8. The van der Waals surface area contributed by atoms with Crippen molar-refractivity contribution in [1.82, 2.24) is 9.97 Å². The number of thiazole rings is 2. The van der Waals surface area contributed by atoms with E-state index in [4.69, 9.17) is 0 Å². The second kappa shape index (κ2) is 9.34.